The van der Waals surface area contributed by atoms with Crippen molar-refractivity contribution in [3.8, 4) is 0 Å². The Morgan fingerprint density at radius 3 is 2.57 bits per heavy atom. The van der Waals surface area contributed by atoms with E-state index in [1.165, 1.54) is 12.0 Å². The summed E-state index contributed by atoms with van der Waals surface area (Å²) in [5.74, 6) is 0.634. The number of amides is 1. The van der Waals surface area contributed by atoms with Crippen molar-refractivity contribution in [1.82, 2.24) is 9.80 Å². The van der Waals surface area contributed by atoms with Crippen LogP contribution in [0.2, 0.25) is 0 Å². The largest absolute Gasteiger partial charge is 0.444 e. The van der Waals surface area contributed by atoms with Crippen molar-refractivity contribution in [1.29, 1.82) is 0 Å². The molecule has 0 aliphatic carbocycles. The van der Waals surface area contributed by atoms with E-state index in [4.69, 9.17) is 4.74 Å². The van der Waals surface area contributed by atoms with Gasteiger partial charge in [0.15, 0.2) is 0 Å². The number of rotatable bonds is 2. The van der Waals surface area contributed by atoms with Gasteiger partial charge in [-0.1, -0.05) is 30.3 Å². The van der Waals surface area contributed by atoms with Crippen LogP contribution < -0.4 is 0 Å². The molecule has 2 unspecified atom stereocenters. The Labute approximate surface area is 139 Å². The third-order valence-corrected chi connectivity index (χ3v) is 4.82. The first kappa shape index (κ1) is 16.3. The second-order valence-electron chi connectivity index (χ2n) is 7.80. The number of ether oxygens (including phenoxy) is 1. The van der Waals surface area contributed by atoms with E-state index < -0.39 is 5.60 Å². The number of piperidine rings is 1. The predicted molar refractivity (Wildman–Crippen MR) is 91.2 cm³/mol. The molecule has 0 spiro atoms. The van der Waals surface area contributed by atoms with Gasteiger partial charge in [-0.3, -0.25) is 4.90 Å². The zero-order valence-electron chi connectivity index (χ0n) is 14.5. The number of hydrogen-bond donors (Lipinski definition) is 0. The molecule has 0 saturated carbocycles. The highest BCUT2D eigenvalue weighted by molar-refractivity contribution is 5.69. The molecular weight excluding hydrogens is 288 g/mol. The molecule has 0 radical (unpaired) electrons. The molecule has 2 aliphatic rings. The summed E-state index contributed by atoms with van der Waals surface area (Å²) in [5.41, 5.74) is 0.917. The minimum absolute atomic E-state index is 0.147. The molecule has 1 aromatic carbocycles. The van der Waals surface area contributed by atoms with E-state index in [1.807, 2.05) is 25.7 Å². The standard InChI is InChI=1S/C19H28N2O2/c1-19(2,3)23-18(22)21-12-10-16-9-11-20(14-17(16)21)13-15-7-5-4-6-8-15/h4-8,16-17H,9-14H2,1-3H3. The second kappa shape index (κ2) is 6.52. The van der Waals surface area contributed by atoms with Crippen LogP contribution in [0.1, 0.15) is 39.2 Å². The SMILES string of the molecule is CC(C)(C)OC(=O)N1CCC2CCN(Cc3ccccc3)CC21. The van der Waals surface area contributed by atoms with Crippen molar-refractivity contribution in [2.24, 2.45) is 5.92 Å². The first-order valence-corrected chi connectivity index (χ1v) is 8.68. The van der Waals surface area contributed by atoms with Gasteiger partial charge in [-0.25, -0.2) is 4.79 Å². The third-order valence-electron chi connectivity index (χ3n) is 4.82. The van der Waals surface area contributed by atoms with E-state index >= 15 is 0 Å². The average molecular weight is 316 g/mol. The maximum absolute atomic E-state index is 12.5. The van der Waals surface area contributed by atoms with Gasteiger partial charge in [0.2, 0.25) is 0 Å². The molecule has 126 valence electrons. The number of hydrogen-bond acceptors (Lipinski definition) is 3. The molecule has 2 heterocycles. The molecule has 2 fully saturated rings. The maximum atomic E-state index is 12.5. The number of benzene rings is 1. The van der Waals surface area contributed by atoms with Gasteiger partial charge in [-0.15, -0.1) is 0 Å². The number of fused-ring (bicyclic) bond motifs is 1. The van der Waals surface area contributed by atoms with Gasteiger partial charge in [-0.2, -0.15) is 0 Å². The van der Waals surface area contributed by atoms with Gasteiger partial charge in [-0.05, 0) is 51.6 Å². The topological polar surface area (TPSA) is 32.8 Å². The van der Waals surface area contributed by atoms with Gasteiger partial charge >= 0.3 is 6.09 Å². The van der Waals surface area contributed by atoms with Gasteiger partial charge in [0, 0.05) is 19.6 Å². The van der Waals surface area contributed by atoms with E-state index in [1.54, 1.807) is 0 Å². The Balaban J connectivity index is 1.63. The van der Waals surface area contributed by atoms with Crippen molar-refractivity contribution in [2.45, 2.75) is 51.8 Å². The maximum Gasteiger partial charge on any atom is 0.410 e. The molecule has 1 amide bonds. The van der Waals surface area contributed by atoms with Gasteiger partial charge in [0.25, 0.3) is 0 Å². The Hall–Kier alpha value is -1.55. The molecule has 2 saturated heterocycles. The molecule has 0 N–H and O–H groups in total. The van der Waals surface area contributed by atoms with Gasteiger partial charge < -0.3 is 9.64 Å². The summed E-state index contributed by atoms with van der Waals surface area (Å²) >= 11 is 0. The lowest BCUT2D eigenvalue weighted by Crippen LogP contribution is -2.50. The lowest BCUT2D eigenvalue weighted by molar-refractivity contribution is 0.0120. The van der Waals surface area contributed by atoms with E-state index in [0.717, 1.165) is 32.6 Å². The molecule has 23 heavy (non-hydrogen) atoms. The average Bonchev–Trinajstić information content (AvgIpc) is 2.90. The van der Waals surface area contributed by atoms with E-state index in [9.17, 15) is 4.79 Å². The Bertz CT molecular complexity index is 538. The fourth-order valence-corrected chi connectivity index (χ4v) is 3.74. The first-order valence-electron chi connectivity index (χ1n) is 8.68. The predicted octanol–water partition coefficient (Wildman–Crippen LogP) is 3.52. The minimum Gasteiger partial charge on any atom is -0.444 e. The molecule has 1 aromatic rings. The zero-order chi connectivity index (χ0) is 16.4. The Morgan fingerprint density at radius 2 is 1.87 bits per heavy atom. The molecule has 2 atom stereocenters. The summed E-state index contributed by atoms with van der Waals surface area (Å²) in [6.45, 7) is 9.68. The molecule has 2 aliphatic heterocycles. The molecule has 4 heteroatoms. The molecule has 4 nitrogen and oxygen atoms in total. The highest BCUT2D eigenvalue weighted by Crippen LogP contribution is 2.33. The molecule has 0 aromatic heterocycles. The molecule has 0 bridgehead atoms. The van der Waals surface area contributed by atoms with Crippen LogP contribution in [-0.4, -0.2) is 47.2 Å². The lowest BCUT2D eigenvalue weighted by atomic mass is 9.92. The van der Waals surface area contributed by atoms with Crippen molar-refractivity contribution in [3.63, 3.8) is 0 Å². The summed E-state index contributed by atoms with van der Waals surface area (Å²) in [6, 6.07) is 10.9. The van der Waals surface area contributed by atoms with Crippen LogP contribution in [0.25, 0.3) is 0 Å². The second-order valence-corrected chi connectivity index (χ2v) is 7.80. The van der Waals surface area contributed by atoms with Crippen LogP contribution in [0, 0.1) is 5.92 Å². The summed E-state index contributed by atoms with van der Waals surface area (Å²) in [5, 5.41) is 0. The van der Waals surface area contributed by atoms with Crippen molar-refractivity contribution in [3.05, 3.63) is 35.9 Å². The van der Waals surface area contributed by atoms with Crippen molar-refractivity contribution < 1.29 is 9.53 Å². The number of nitrogens with zero attached hydrogens (tertiary/aromatic N) is 2. The van der Waals surface area contributed by atoms with Gasteiger partial charge in [0.1, 0.15) is 5.60 Å². The van der Waals surface area contributed by atoms with Crippen LogP contribution in [0.15, 0.2) is 30.3 Å². The number of carbonyl (C=O) groups is 1. The van der Waals surface area contributed by atoms with Crippen molar-refractivity contribution in [2.75, 3.05) is 19.6 Å². The van der Waals surface area contributed by atoms with Crippen LogP contribution in [0.3, 0.4) is 0 Å². The summed E-state index contributed by atoms with van der Waals surface area (Å²) in [7, 11) is 0. The van der Waals surface area contributed by atoms with Crippen LogP contribution >= 0.6 is 0 Å². The fraction of sp³-hybridized carbons (Fsp3) is 0.632. The number of carbonyl (C=O) groups excluding carboxylic acids is 1. The summed E-state index contributed by atoms with van der Waals surface area (Å²) in [6.07, 6.45) is 2.14. The molecular formula is C19H28N2O2. The number of likely N-dealkylation sites (tertiary alicyclic amines) is 2. The summed E-state index contributed by atoms with van der Waals surface area (Å²) < 4.78 is 5.59. The quantitative estimate of drug-likeness (QED) is 0.837. The van der Waals surface area contributed by atoms with E-state index in [-0.39, 0.29) is 6.09 Å². The van der Waals surface area contributed by atoms with Crippen LogP contribution in [0.5, 0.6) is 0 Å². The zero-order valence-corrected chi connectivity index (χ0v) is 14.5. The van der Waals surface area contributed by atoms with Gasteiger partial charge in [0.05, 0.1) is 6.04 Å². The first-order chi connectivity index (χ1) is 10.9. The highest BCUT2D eigenvalue weighted by Gasteiger charge is 2.41. The van der Waals surface area contributed by atoms with E-state index in [2.05, 4.69) is 35.2 Å². The Kier molecular flexibility index (Phi) is 4.62. The minimum atomic E-state index is -0.423. The van der Waals surface area contributed by atoms with Crippen LogP contribution in [0.4, 0.5) is 4.79 Å². The Morgan fingerprint density at radius 1 is 1.17 bits per heavy atom. The normalized spacial score (nSPS) is 25.3. The molecule has 3 rings (SSSR count). The van der Waals surface area contributed by atoms with E-state index in [0.29, 0.717) is 12.0 Å². The lowest BCUT2D eigenvalue weighted by Gasteiger charge is -2.38. The summed E-state index contributed by atoms with van der Waals surface area (Å²) in [4.78, 5) is 16.9. The van der Waals surface area contributed by atoms with Crippen molar-refractivity contribution >= 4 is 6.09 Å². The fourth-order valence-electron chi connectivity index (χ4n) is 3.74. The van der Waals surface area contributed by atoms with Crippen LogP contribution in [-0.2, 0) is 11.3 Å². The highest BCUT2D eigenvalue weighted by atomic mass is 16.6. The monoisotopic (exact) mass is 316 g/mol. The smallest absolute Gasteiger partial charge is 0.410 e. The third kappa shape index (κ3) is 4.05.